The number of halogens is 1. The Bertz CT molecular complexity index is 616. The highest BCUT2D eigenvalue weighted by molar-refractivity contribution is 5.58. The molecule has 5 rings (SSSR count). The van der Waals surface area contributed by atoms with Gasteiger partial charge >= 0.3 is 0 Å². The molecule has 2 aromatic rings. The van der Waals surface area contributed by atoms with Crippen LogP contribution in [0, 0.1) is 11.7 Å². The number of rotatable bonds is 2. The number of fused-ring (bicyclic) bond motifs is 3. The summed E-state index contributed by atoms with van der Waals surface area (Å²) in [6, 6.07) is 7.12. The van der Waals surface area contributed by atoms with Crippen LogP contribution in [0.15, 0.2) is 30.5 Å². The zero-order valence-electron chi connectivity index (χ0n) is 11.2. The number of hydrogen-bond acceptors (Lipinski definition) is 3. The third-order valence-electron chi connectivity index (χ3n) is 4.62. The summed E-state index contributed by atoms with van der Waals surface area (Å²) in [6.07, 6.45) is 4.37. The Morgan fingerprint density at radius 1 is 1.15 bits per heavy atom. The molecular weight excluding hydrogens is 255 g/mol. The summed E-state index contributed by atoms with van der Waals surface area (Å²) in [4.78, 5) is 2.48. The molecule has 3 aliphatic rings. The van der Waals surface area contributed by atoms with Crippen LogP contribution in [0.2, 0.25) is 0 Å². The third kappa shape index (κ3) is 1.93. The lowest BCUT2D eigenvalue weighted by Crippen LogP contribution is -2.48. The molecule has 0 N–H and O–H groups in total. The molecular formula is C15H17FN4. The van der Waals surface area contributed by atoms with E-state index in [1.807, 2.05) is 16.9 Å². The van der Waals surface area contributed by atoms with Gasteiger partial charge in [0.15, 0.2) is 0 Å². The highest BCUT2D eigenvalue weighted by Crippen LogP contribution is 2.35. The van der Waals surface area contributed by atoms with Gasteiger partial charge in [0.1, 0.15) is 11.5 Å². The van der Waals surface area contributed by atoms with E-state index in [2.05, 4.69) is 15.2 Å². The van der Waals surface area contributed by atoms with Gasteiger partial charge in [-0.2, -0.15) is 0 Å². The lowest BCUT2D eigenvalue weighted by molar-refractivity contribution is 0.0504. The molecule has 3 saturated heterocycles. The zero-order chi connectivity index (χ0) is 13.5. The maximum absolute atomic E-state index is 13.8. The molecule has 2 bridgehead atoms. The van der Waals surface area contributed by atoms with E-state index in [4.69, 9.17) is 0 Å². The summed E-state index contributed by atoms with van der Waals surface area (Å²) in [6.45, 7) is 3.46. The van der Waals surface area contributed by atoms with E-state index in [0.29, 0.717) is 23.2 Å². The highest BCUT2D eigenvalue weighted by Gasteiger charge is 2.35. The fourth-order valence-electron chi connectivity index (χ4n) is 3.46. The van der Waals surface area contributed by atoms with E-state index in [-0.39, 0.29) is 5.82 Å². The Morgan fingerprint density at radius 3 is 2.65 bits per heavy atom. The van der Waals surface area contributed by atoms with Crippen LogP contribution in [-0.2, 0) is 0 Å². The van der Waals surface area contributed by atoms with Gasteiger partial charge in [0.2, 0.25) is 0 Å². The average Bonchev–Trinajstić information content (AvgIpc) is 2.98. The zero-order valence-corrected chi connectivity index (χ0v) is 11.2. The summed E-state index contributed by atoms with van der Waals surface area (Å²) in [7, 11) is 0. The second kappa shape index (κ2) is 4.66. The standard InChI is InChI=1S/C15H17FN4/c16-13-4-2-1-3-12(13)14-9-20(18-17-14)15-10-19-7-5-11(15)6-8-19/h1-4,9,11,15H,5-8,10H2/t15-/m0/s1. The first-order chi connectivity index (χ1) is 9.81. The van der Waals surface area contributed by atoms with Crippen molar-refractivity contribution in [2.45, 2.75) is 18.9 Å². The van der Waals surface area contributed by atoms with Gasteiger partial charge in [-0.05, 0) is 44.0 Å². The molecule has 0 saturated carbocycles. The van der Waals surface area contributed by atoms with Crippen LogP contribution in [0.3, 0.4) is 0 Å². The summed E-state index contributed by atoms with van der Waals surface area (Å²) in [5.41, 5.74) is 1.15. The van der Waals surface area contributed by atoms with Crippen LogP contribution >= 0.6 is 0 Å². The van der Waals surface area contributed by atoms with E-state index < -0.39 is 0 Å². The maximum atomic E-state index is 13.8. The Morgan fingerprint density at radius 2 is 1.95 bits per heavy atom. The normalized spacial score (nSPS) is 28.8. The minimum absolute atomic E-state index is 0.242. The number of piperidine rings is 3. The van der Waals surface area contributed by atoms with Gasteiger partial charge in [0.25, 0.3) is 0 Å². The minimum Gasteiger partial charge on any atom is -0.301 e. The van der Waals surface area contributed by atoms with Crippen LogP contribution < -0.4 is 0 Å². The number of aromatic nitrogens is 3. The fourth-order valence-corrected chi connectivity index (χ4v) is 3.46. The minimum atomic E-state index is -0.242. The number of benzene rings is 1. The largest absolute Gasteiger partial charge is 0.301 e. The second-order valence-corrected chi connectivity index (χ2v) is 5.77. The quantitative estimate of drug-likeness (QED) is 0.841. The molecule has 0 spiro atoms. The van der Waals surface area contributed by atoms with Gasteiger partial charge < -0.3 is 4.90 Å². The Labute approximate surface area is 117 Å². The van der Waals surface area contributed by atoms with Gasteiger partial charge in [-0.25, -0.2) is 9.07 Å². The van der Waals surface area contributed by atoms with Crippen molar-refractivity contribution < 1.29 is 4.39 Å². The first-order valence-electron chi connectivity index (χ1n) is 7.20. The van der Waals surface area contributed by atoms with Crippen LogP contribution in [0.1, 0.15) is 18.9 Å². The molecule has 0 radical (unpaired) electrons. The molecule has 0 unspecified atom stereocenters. The van der Waals surface area contributed by atoms with Crippen molar-refractivity contribution in [1.82, 2.24) is 19.9 Å². The molecule has 0 aliphatic carbocycles. The van der Waals surface area contributed by atoms with E-state index in [1.165, 1.54) is 32.0 Å². The van der Waals surface area contributed by atoms with Gasteiger partial charge in [0, 0.05) is 12.1 Å². The summed E-state index contributed by atoms with van der Waals surface area (Å²) in [5.74, 6) is 0.448. The lowest BCUT2D eigenvalue weighted by Gasteiger charge is -2.44. The van der Waals surface area contributed by atoms with Crippen LogP contribution in [0.4, 0.5) is 4.39 Å². The molecule has 5 heteroatoms. The Kier molecular flexibility index (Phi) is 2.80. The van der Waals surface area contributed by atoms with Crippen molar-refractivity contribution in [3.63, 3.8) is 0 Å². The summed E-state index contributed by atoms with van der Waals surface area (Å²) < 4.78 is 15.7. The Balaban J connectivity index is 1.64. The SMILES string of the molecule is Fc1ccccc1-c1cn([C@H]2CN3CCC2CC3)nn1. The fraction of sp³-hybridized carbons (Fsp3) is 0.467. The second-order valence-electron chi connectivity index (χ2n) is 5.77. The first-order valence-corrected chi connectivity index (χ1v) is 7.20. The van der Waals surface area contributed by atoms with E-state index in [1.54, 1.807) is 12.1 Å². The van der Waals surface area contributed by atoms with Crippen molar-refractivity contribution in [3.8, 4) is 11.3 Å². The van der Waals surface area contributed by atoms with Crippen molar-refractivity contribution in [1.29, 1.82) is 0 Å². The monoisotopic (exact) mass is 272 g/mol. The Hall–Kier alpha value is -1.75. The van der Waals surface area contributed by atoms with E-state index in [9.17, 15) is 4.39 Å². The van der Waals surface area contributed by atoms with E-state index in [0.717, 1.165) is 6.54 Å². The van der Waals surface area contributed by atoms with E-state index >= 15 is 0 Å². The van der Waals surface area contributed by atoms with Crippen LogP contribution in [0.5, 0.6) is 0 Å². The maximum Gasteiger partial charge on any atom is 0.132 e. The molecule has 1 atom stereocenters. The summed E-state index contributed by atoms with van der Waals surface area (Å²) >= 11 is 0. The van der Waals surface area contributed by atoms with Crippen molar-refractivity contribution in [2.24, 2.45) is 5.92 Å². The van der Waals surface area contributed by atoms with Crippen molar-refractivity contribution in [2.75, 3.05) is 19.6 Å². The number of hydrogen-bond donors (Lipinski definition) is 0. The van der Waals surface area contributed by atoms with Crippen molar-refractivity contribution in [3.05, 3.63) is 36.3 Å². The lowest BCUT2D eigenvalue weighted by atomic mass is 9.84. The molecule has 4 nitrogen and oxygen atoms in total. The smallest absolute Gasteiger partial charge is 0.132 e. The molecule has 1 aromatic carbocycles. The molecule has 3 aliphatic heterocycles. The van der Waals surface area contributed by atoms with Crippen LogP contribution in [0.25, 0.3) is 11.3 Å². The van der Waals surface area contributed by atoms with Crippen molar-refractivity contribution >= 4 is 0 Å². The van der Waals surface area contributed by atoms with Crippen LogP contribution in [-0.4, -0.2) is 39.5 Å². The molecule has 4 heterocycles. The van der Waals surface area contributed by atoms with Gasteiger partial charge in [0.05, 0.1) is 12.2 Å². The molecule has 104 valence electrons. The molecule has 1 aromatic heterocycles. The predicted octanol–water partition coefficient (Wildman–Crippen LogP) is 2.35. The third-order valence-corrected chi connectivity index (χ3v) is 4.62. The first kappa shape index (κ1) is 12.0. The topological polar surface area (TPSA) is 34.0 Å². The summed E-state index contributed by atoms with van der Waals surface area (Å²) in [5, 5.41) is 8.41. The molecule has 20 heavy (non-hydrogen) atoms. The number of nitrogens with zero attached hydrogens (tertiary/aromatic N) is 4. The highest BCUT2D eigenvalue weighted by atomic mass is 19.1. The average molecular weight is 272 g/mol. The molecule has 3 fully saturated rings. The van der Waals surface area contributed by atoms with Gasteiger partial charge in [-0.15, -0.1) is 5.10 Å². The van der Waals surface area contributed by atoms with Gasteiger partial charge in [-0.3, -0.25) is 0 Å². The predicted molar refractivity (Wildman–Crippen MR) is 73.6 cm³/mol. The van der Waals surface area contributed by atoms with Gasteiger partial charge in [-0.1, -0.05) is 17.3 Å². The molecule has 0 amide bonds.